The molecule has 3 rings (SSSR count). The van der Waals surface area contributed by atoms with E-state index in [1.807, 2.05) is 0 Å². The molecule has 86 valence electrons. The van der Waals surface area contributed by atoms with Gasteiger partial charge in [0.25, 0.3) is 0 Å². The molecule has 2 aliphatic rings. The van der Waals surface area contributed by atoms with Gasteiger partial charge in [-0.1, -0.05) is 18.6 Å². The molecule has 1 aliphatic heterocycles. The highest BCUT2D eigenvalue weighted by atomic mass is 14.9. The average Bonchev–Trinajstić information content (AvgIpc) is 2.27. The van der Waals surface area contributed by atoms with Crippen molar-refractivity contribution in [1.82, 2.24) is 5.32 Å². The van der Waals surface area contributed by atoms with E-state index < -0.39 is 0 Å². The Labute approximate surface area is 97.4 Å². The van der Waals surface area contributed by atoms with Crippen molar-refractivity contribution in [3.05, 3.63) is 29.3 Å². The highest BCUT2D eigenvalue weighted by Gasteiger charge is 2.16. The van der Waals surface area contributed by atoms with E-state index in [4.69, 9.17) is 0 Å². The maximum absolute atomic E-state index is 3.62. The Kier molecular flexibility index (Phi) is 2.83. The first kappa shape index (κ1) is 10.2. The van der Waals surface area contributed by atoms with Crippen molar-refractivity contribution in [2.75, 3.05) is 11.9 Å². The third-order valence-corrected chi connectivity index (χ3v) is 3.81. The number of fused-ring (bicyclic) bond motifs is 1. The molecule has 2 nitrogen and oxygen atoms in total. The molecule has 0 unspecified atom stereocenters. The molecule has 1 aromatic carbocycles. The van der Waals surface area contributed by atoms with Gasteiger partial charge < -0.3 is 10.6 Å². The Hall–Kier alpha value is -1.02. The van der Waals surface area contributed by atoms with E-state index in [0.717, 1.165) is 19.1 Å². The van der Waals surface area contributed by atoms with E-state index in [0.29, 0.717) is 0 Å². The minimum absolute atomic E-state index is 0.786. The molecule has 0 atom stereocenters. The molecular formula is C14H20N2. The molecular weight excluding hydrogens is 196 g/mol. The SMILES string of the molecule is c1cc2c(cc1CNC1CCC1)CCCN2. The van der Waals surface area contributed by atoms with Gasteiger partial charge in [0.15, 0.2) is 0 Å². The van der Waals surface area contributed by atoms with Crippen molar-refractivity contribution < 1.29 is 0 Å². The Balaban J connectivity index is 1.65. The van der Waals surface area contributed by atoms with Crippen LogP contribution in [0.25, 0.3) is 0 Å². The smallest absolute Gasteiger partial charge is 0.0372 e. The molecule has 0 radical (unpaired) electrons. The van der Waals surface area contributed by atoms with Crippen LogP contribution in [-0.2, 0) is 13.0 Å². The molecule has 1 fully saturated rings. The fourth-order valence-corrected chi connectivity index (χ4v) is 2.51. The maximum atomic E-state index is 3.62. The number of anilines is 1. The molecule has 1 heterocycles. The third kappa shape index (κ3) is 2.07. The number of hydrogen-bond donors (Lipinski definition) is 2. The molecule has 1 saturated carbocycles. The summed E-state index contributed by atoms with van der Waals surface area (Å²) in [7, 11) is 0. The summed E-state index contributed by atoms with van der Waals surface area (Å²) in [6.07, 6.45) is 6.65. The van der Waals surface area contributed by atoms with E-state index >= 15 is 0 Å². The summed E-state index contributed by atoms with van der Waals surface area (Å²) in [6.45, 7) is 2.17. The normalized spacial score (nSPS) is 19.8. The molecule has 2 heteroatoms. The standard InChI is InChI=1S/C14H20N2/c1-4-13(5-1)16-10-11-6-7-14-12(9-11)3-2-8-15-14/h6-7,9,13,15-16H,1-5,8,10H2. The number of nitrogens with one attached hydrogen (secondary N) is 2. The van der Waals surface area contributed by atoms with Crippen LogP contribution in [0, 0.1) is 0 Å². The quantitative estimate of drug-likeness (QED) is 0.811. The van der Waals surface area contributed by atoms with E-state index in [1.54, 1.807) is 0 Å². The largest absolute Gasteiger partial charge is 0.385 e. The van der Waals surface area contributed by atoms with Gasteiger partial charge in [0, 0.05) is 24.8 Å². The van der Waals surface area contributed by atoms with Crippen LogP contribution in [0.4, 0.5) is 5.69 Å². The van der Waals surface area contributed by atoms with Gasteiger partial charge in [-0.15, -0.1) is 0 Å². The molecule has 0 amide bonds. The lowest BCUT2D eigenvalue weighted by molar-refractivity contribution is 0.338. The predicted octanol–water partition coefficient (Wildman–Crippen LogP) is 2.69. The van der Waals surface area contributed by atoms with Crippen LogP contribution >= 0.6 is 0 Å². The summed E-state index contributed by atoms with van der Waals surface area (Å²) in [5.41, 5.74) is 4.28. The summed E-state index contributed by atoms with van der Waals surface area (Å²) < 4.78 is 0. The van der Waals surface area contributed by atoms with Crippen molar-refractivity contribution in [2.24, 2.45) is 0 Å². The molecule has 0 bridgehead atoms. The zero-order valence-electron chi connectivity index (χ0n) is 9.76. The van der Waals surface area contributed by atoms with Crippen molar-refractivity contribution in [1.29, 1.82) is 0 Å². The van der Waals surface area contributed by atoms with E-state index in [-0.39, 0.29) is 0 Å². The lowest BCUT2D eigenvalue weighted by Gasteiger charge is -2.27. The van der Waals surface area contributed by atoms with Gasteiger partial charge in [-0.3, -0.25) is 0 Å². The summed E-state index contributed by atoms with van der Waals surface area (Å²) in [5.74, 6) is 0. The summed E-state index contributed by atoms with van der Waals surface area (Å²) in [6, 6.07) is 7.65. The lowest BCUT2D eigenvalue weighted by atomic mass is 9.93. The van der Waals surface area contributed by atoms with Gasteiger partial charge >= 0.3 is 0 Å². The number of aryl methyl sites for hydroxylation is 1. The molecule has 0 spiro atoms. The number of rotatable bonds is 3. The van der Waals surface area contributed by atoms with Crippen LogP contribution < -0.4 is 10.6 Å². The zero-order valence-corrected chi connectivity index (χ0v) is 9.76. The van der Waals surface area contributed by atoms with E-state index in [1.165, 1.54) is 48.9 Å². The number of benzene rings is 1. The van der Waals surface area contributed by atoms with Gasteiger partial charge in [-0.25, -0.2) is 0 Å². The zero-order chi connectivity index (χ0) is 10.8. The Morgan fingerprint density at radius 2 is 2.19 bits per heavy atom. The first-order valence-corrected chi connectivity index (χ1v) is 6.51. The molecule has 1 aromatic rings. The Bertz CT molecular complexity index is 369. The van der Waals surface area contributed by atoms with Crippen molar-refractivity contribution >= 4 is 5.69 Å². The van der Waals surface area contributed by atoms with Gasteiger partial charge in [0.1, 0.15) is 0 Å². The first-order valence-electron chi connectivity index (χ1n) is 6.51. The van der Waals surface area contributed by atoms with Gasteiger partial charge in [0.2, 0.25) is 0 Å². The summed E-state index contributed by atoms with van der Waals surface area (Å²) in [4.78, 5) is 0. The van der Waals surface area contributed by atoms with Crippen LogP contribution in [0.15, 0.2) is 18.2 Å². The molecule has 1 aliphatic carbocycles. The van der Waals surface area contributed by atoms with Crippen LogP contribution in [-0.4, -0.2) is 12.6 Å². The summed E-state index contributed by atoms with van der Waals surface area (Å²) in [5, 5.41) is 7.08. The van der Waals surface area contributed by atoms with Gasteiger partial charge in [-0.2, -0.15) is 0 Å². The second-order valence-electron chi connectivity index (χ2n) is 5.03. The second-order valence-corrected chi connectivity index (χ2v) is 5.03. The lowest BCUT2D eigenvalue weighted by Crippen LogP contribution is -2.34. The average molecular weight is 216 g/mol. The molecule has 2 N–H and O–H groups in total. The maximum Gasteiger partial charge on any atom is 0.0372 e. The molecule has 0 saturated heterocycles. The van der Waals surface area contributed by atoms with Crippen molar-refractivity contribution in [3.63, 3.8) is 0 Å². The monoisotopic (exact) mass is 216 g/mol. The molecule has 16 heavy (non-hydrogen) atoms. The molecule has 0 aromatic heterocycles. The second kappa shape index (κ2) is 4.46. The van der Waals surface area contributed by atoms with Crippen LogP contribution in [0.3, 0.4) is 0 Å². The minimum Gasteiger partial charge on any atom is -0.385 e. The Morgan fingerprint density at radius 1 is 1.25 bits per heavy atom. The highest BCUT2D eigenvalue weighted by molar-refractivity contribution is 5.54. The Morgan fingerprint density at radius 3 is 3.00 bits per heavy atom. The van der Waals surface area contributed by atoms with Crippen molar-refractivity contribution in [2.45, 2.75) is 44.7 Å². The van der Waals surface area contributed by atoms with Crippen molar-refractivity contribution in [3.8, 4) is 0 Å². The topological polar surface area (TPSA) is 24.1 Å². The van der Waals surface area contributed by atoms with E-state index in [9.17, 15) is 0 Å². The fourth-order valence-electron chi connectivity index (χ4n) is 2.51. The predicted molar refractivity (Wildman–Crippen MR) is 67.7 cm³/mol. The van der Waals surface area contributed by atoms with Gasteiger partial charge in [0.05, 0.1) is 0 Å². The van der Waals surface area contributed by atoms with Gasteiger partial charge in [-0.05, 0) is 42.9 Å². The van der Waals surface area contributed by atoms with Crippen LogP contribution in [0.1, 0.15) is 36.8 Å². The van der Waals surface area contributed by atoms with Crippen LogP contribution in [0.2, 0.25) is 0 Å². The van der Waals surface area contributed by atoms with E-state index in [2.05, 4.69) is 28.8 Å². The first-order chi connectivity index (χ1) is 7.92. The highest BCUT2D eigenvalue weighted by Crippen LogP contribution is 2.23. The summed E-state index contributed by atoms with van der Waals surface area (Å²) >= 11 is 0. The minimum atomic E-state index is 0.786. The third-order valence-electron chi connectivity index (χ3n) is 3.81. The fraction of sp³-hybridized carbons (Fsp3) is 0.571. The van der Waals surface area contributed by atoms with Crippen LogP contribution in [0.5, 0.6) is 0 Å². The number of hydrogen-bond acceptors (Lipinski definition) is 2.